The van der Waals surface area contributed by atoms with Crippen molar-refractivity contribution in [2.75, 3.05) is 6.54 Å². The van der Waals surface area contributed by atoms with Gasteiger partial charge < -0.3 is 10.3 Å². The molecule has 0 saturated carbocycles. The van der Waals surface area contributed by atoms with Crippen LogP contribution in [-0.4, -0.2) is 16.6 Å². The zero-order valence-corrected chi connectivity index (χ0v) is 10.7. The summed E-state index contributed by atoms with van der Waals surface area (Å²) in [6.07, 6.45) is 0. The highest BCUT2D eigenvalue weighted by molar-refractivity contribution is 5.14. The minimum atomic E-state index is 0.425. The third-order valence-corrected chi connectivity index (χ3v) is 2.89. The van der Waals surface area contributed by atoms with Gasteiger partial charge >= 0.3 is 0 Å². The van der Waals surface area contributed by atoms with Gasteiger partial charge in [0, 0.05) is 19.2 Å². The van der Waals surface area contributed by atoms with E-state index < -0.39 is 0 Å². The van der Waals surface area contributed by atoms with Gasteiger partial charge in [0.1, 0.15) is 0 Å². The predicted molar refractivity (Wildman–Crippen MR) is 70.6 cm³/mol. The van der Waals surface area contributed by atoms with Gasteiger partial charge in [0.15, 0.2) is 5.76 Å². The number of hydrogen-bond donors (Lipinski definition) is 1. The normalized spacial score (nSPS) is 11.1. The quantitative estimate of drug-likeness (QED) is 0.847. The predicted octanol–water partition coefficient (Wildman–Crippen LogP) is 2.16. The van der Waals surface area contributed by atoms with Gasteiger partial charge in [-0.3, -0.25) is 4.90 Å². The first-order chi connectivity index (χ1) is 8.81. The second-order valence-electron chi connectivity index (χ2n) is 4.28. The standard InChI is InChI=1S/C14H19N3O/c1-2-17(10-12-6-4-3-5-7-12)11-14-8-13(9-15)16-18-14/h3-8H,2,9-11,15H2,1H3. The maximum atomic E-state index is 5.51. The van der Waals surface area contributed by atoms with Crippen molar-refractivity contribution < 1.29 is 4.52 Å². The molecule has 2 rings (SSSR count). The molecule has 0 bridgehead atoms. The summed E-state index contributed by atoms with van der Waals surface area (Å²) in [4.78, 5) is 2.30. The lowest BCUT2D eigenvalue weighted by atomic mass is 10.2. The van der Waals surface area contributed by atoms with Gasteiger partial charge in [0.2, 0.25) is 0 Å². The number of nitrogens with zero attached hydrogens (tertiary/aromatic N) is 2. The maximum Gasteiger partial charge on any atom is 0.151 e. The first kappa shape index (κ1) is 12.8. The summed E-state index contributed by atoms with van der Waals surface area (Å²) in [7, 11) is 0. The van der Waals surface area contributed by atoms with E-state index in [-0.39, 0.29) is 0 Å². The summed E-state index contributed by atoms with van der Waals surface area (Å²) in [6, 6.07) is 12.3. The summed E-state index contributed by atoms with van der Waals surface area (Å²) in [5.41, 5.74) is 7.62. The van der Waals surface area contributed by atoms with Crippen LogP contribution in [0.2, 0.25) is 0 Å². The molecule has 0 aliphatic rings. The molecular formula is C14H19N3O. The Labute approximate surface area is 107 Å². The summed E-state index contributed by atoms with van der Waals surface area (Å²) in [5.74, 6) is 0.869. The van der Waals surface area contributed by atoms with E-state index in [2.05, 4.69) is 41.2 Å². The van der Waals surface area contributed by atoms with Gasteiger partial charge in [0.05, 0.1) is 12.2 Å². The van der Waals surface area contributed by atoms with E-state index in [9.17, 15) is 0 Å². The average molecular weight is 245 g/mol. The van der Waals surface area contributed by atoms with E-state index in [4.69, 9.17) is 10.3 Å². The van der Waals surface area contributed by atoms with Crippen molar-refractivity contribution in [3.63, 3.8) is 0 Å². The van der Waals surface area contributed by atoms with Crippen LogP contribution in [0.5, 0.6) is 0 Å². The van der Waals surface area contributed by atoms with Gasteiger partial charge in [-0.25, -0.2) is 0 Å². The molecule has 1 aromatic carbocycles. The molecule has 0 radical (unpaired) electrons. The number of rotatable bonds is 6. The van der Waals surface area contributed by atoms with Gasteiger partial charge in [-0.15, -0.1) is 0 Å². The molecular weight excluding hydrogens is 226 g/mol. The largest absolute Gasteiger partial charge is 0.360 e. The summed E-state index contributed by atoms with van der Waals surface area (Å²) < 4.78 is 5.25. The van der Waals surface area contributed by atoms with Gasteiger partial charge in [0.25, 0.3) is 0 Å². The molecule has 0 saturated heterocycles. The van der Waals surface area contributed by atoms with Crippen molar-refractivity contribution >= 4 is 0 Å². The SMILES string of the molecule is CCN(Cc1ccccc1)Cc1cc(CN)no1. The molecule has 0 aliphatic carbocycles. The fraction of sp³-hybridized carbons (Fsp3) is 0.357. The molecule has 2 aromatic rings. The zero-order chi connectivity index (χ0) is 12.8. The van der Waals surface area contributed by atoms with Crippen LogP contribution in [0.25, 0.3) is 0 Å². The van der Waals surface area contributed by atoms with Crippen molar-refractivity contribution in [1.82, 2.24) is 10.1 Å². The van der Waals surface area contributed by atoms with Gasteiger partial charge in [-0.1, -0.05) is 42.4 Å². The van der Waals surface area contributed by atoms with Gasteiger partial charge in [-0.05, 0) is 12.1 Å². The lowest BCUT2D eigenvalue weighted by Gasteiger charge is -2.18. The Kier molecular flexibility index (Phi) is 4.50. The van der Waals surface area contributed by atoms with E-state index in [1.54, 1.807) is 0 Å². The molecule has 2 N–H and O–H groups in total. The number of hydrogen-bond acceptors (Lipinski definition) is 4. The van der Waals surface area contributed by atoms with Crippen LogP contribution >= 0.6 is 0 Å². The van der Waals surface area contributed by atoms with E-state index in [1.165, 1.54) is 5.56 Å². The highest BCUT2D eigenvalue weighted by Gasteiger charge is 2.09. The first-order valence-electron chi connectivity index (χ1n) is 6.22. The van der Waals surface area contributed by atoms with Crippen LogP contribution in [0.4, 0.5) is 0 Å². The van der Waals surface area contributed by atoms with E-state index in [0.717, 1.165) is 31.1 Å². The second-order valence-corrected chi connectivity index (χ2v) is 4.28. The number of aromatic nitrogens is 1. The summed E-state index contributed by atoms with van der Waals surface area (Å²) in [6.45, 7) is 5.21. The van der Waals surface area contributed by atoms with Crippen LogP contribution in [0.3, 0.4) is 0 Å². The Morgan fingerprint density at radius 1 is 1.22 bits per heavy atom. The molecule has 4 nitrogen and oxygen atoms in total. The van der Waals surface area contributed by atoms with Gasteiger partial charge in [-0.2, -0.15) is 0 Å². The molecule has 0 fully saturated rings. The second kappa shape index (κ2) is 6.33. The molecule has 0 aliphatic heterocycles. The van der Waals surface area contributed by atoms with E-state index in [0.29, 0.717) is 6.54 Å². The maximum absolute atomic E-state index is 5.51. The summed E-state index contributed by atoms with van der Waals surface area (Å²) >= 11 is 0. The Morgan fingerprint density at radius 3 is 2.61 bits per heavy atom. The van der Waals surface area contributed by atoms with Crippen LogP contribution in [0.1, 0.15) is 23.9 Å². The van der Waals surface area contributed by atoms with E-state index >= 15 is 0 Å². The Bertz CT molecular complexity index is 467. The Balaban J connectivity index is 1.97. The van der Waals surface area contributed by atoms with Crippen LogP contribution in [0.15, 0.2) is 40.9 Å². The lowest BCUT2D eigenvalue weighted by molar-refractivity contribution is 0.233. The molecule has 0 unspecified atom stereocenters. The van der Waals surface area contributed by atoms with Crippen molar-refractivity contribution in [3.8, 4) is 0 Å². The van der Waals surface area contributed by atoms with Crippen LogP contribution in [0, 0.1) is 0 Å². The minimum absolute atomic E-state index is 0.425. The third kappa shape index (κ3) is 3.42. The Hall–Kier alpha value is -1.65. The van der Waals surface area contributed by atoms with Crippen molar-refractivity contribution in [2.24, 2.45) is 5.73 Å². The molecule has 1 heterocycles. The first-order valence-corrected chi connectivity index (χ1v) is 6.22. The van der Waals surface area contributed by atoms with Crippen molar-refractivity contribution in [2.45, 2.75) is 26.6 Å². The van der Waals surface area contributed by atoms with Crippen LogP contribution < -0.4 is 5.73 Å². The third-order valence-electron chi connectivity index (χ3n) is 2.89. The molecule has 0 spiro atoms. The highest BCUT2D eigenvalue weighted by atomic mass is 16.5. The molecule has 0 amide bonds. The highest BCUT2D eigenvalue weighted by Crippen LogP contribution is 2.10. The monoisotopic (exact) mass is 245 g/mol. The average Bonchev–Trinajstić information content (AvgIpc) is 2.87. The molecule has 1 aromatic heterocycles. The van der Waals surface area contributed by atoms with Crippen LogP contribution in [-0.2, 0) is 19.6 Å². The summed E-state index contributed by atoms with van der Waals surface area (Å²) in [5, 5.41) is 3.90. The minimum Gasteiger partial charge on any atom is -0.360 e. The molecule has 96 valence electrons. The molecule has 0 atom stereocenters. The zero-order valence-electron chi connectivity index (χ0n) is 10.7. The van der Waals surface area contributed by atoms with Crippen molar-refractivity contribution in [3.05, 3.63) is 53.4 Å². The lowest BCUT2D eigenvalue weighted by Crippen LogP contribution is -2.21. The van der Waals surface area contributed by atoms with E-state index in [1.807, 2.05) is 12.1 Å². The topological polar surface area (TPSA) is 55.3 Å². The van der Waals surface area contributed by atoms with Crippen molar-refractivity contribution in [1.29, 1.82) is 0 Å². The number of benzene rings is 1. The fourth-order valence-corrected chi connectivity index (χ4v) is 1.87. The fourth-order valence-electron chi connectivity index (χ4n) is 1.87. The molecule has 4 heteroatoms. The number of nitrogens with two attached hydrogens (primary N) is 1. The molecule has 18 heavy (non-hydrogen) atoms. The smallest absolute Gasteiger partial charge is 0.151 e. The Morgan fingerprint density at radius 2 is 2.00 bits per heavy atom.